The Balaban J connectivity index is 1.19. The minimum Gasteiger partial charge on any atom is -0.481 e. The molecular formula is C25H24F2N2O5. The fraction of sp³-hybridized carbons (Fsp3) is 0.400. The van der Waals surface area contributed by atoms with Crippen molar-refractivity contribution in [2.45, 2.75) is 43.2 Å². The molecule has 2 saturated heterocycles. The Morgan fingerprint density at radius 1 is 1.03 bits per heavy atom. The van der Waals surface area contributed by atoms with Crippen LogP contribution < -0.4 is 5.32 Å². The highest BCUT2D eigenvalue weighted by atomic mass is 19.3. The molecule has 3 atom stereocenters. The molecule has 5 rings (SSSR count). The van der Waals surface area contributed by atoms with Crippen LogP contribution in [0.3, 0.4) is 0 Å². The Kier molecular flexibility index (Phi) is 5.50. The van der Waals surface area contributed by atoms with Crippen LogP contribution in [-0.2, 0) is 14.3 Å². The number of alkyl halides is 2. The van der Waals surface area contributed by atoms with Crippen molar-refractivity contribution >= 4 is 18.0 Å². The second kappa shape index (κ2) is 8.38. The number of carboxylic acids is 1. The van der Waals surface area contributed by atoms with E-state index in [-0.39, 0.29) is 18.9 Å². The largest absolute Gasteiger partial charge is 0.481 e. The third-order valence-corrected chi connectivity index (χ3v) is 7.20. The molecule has 0 spiro atoms. The van der Waals surface area contributed by atoms with E-state index in [1.807, 2.05) is 53.8 Å². The van der Waals surface area contributed by atoms with E-state index in [1.54, 1.807) is 0 Å². The number of amides is 2. The van der Waals surface area contributed by atoms with Crippen molar-refractivity contribution in [3.05, 3.63) is 59.7 Å². The number of hydrogen-bond donors (Lipinski definition) is 2. The van der Waals surface area contributed by atoms with Gasteiger partial charge in [-0.05, 0) is 41.5 Å². The molecule has 2 aromatic carbocycles. The van der Waals surface area contributed by atoms with Gasteiger partial charge >= 0.3 is 18.0 Å². The Bertz CT molecular complexity index is 1110. The maximum absolute atomic E-state index is 14.7. The fourth-order valence-corrected chi connectivity index (χ4v) is 5.67. The summed E-state index contributed by atoms with van der Waals surface area (Å²) in [6.07, 6.45) is 0.0446. The van der Waals surface area contributed by atoms with Gasteiger partial charge in [0.25, 0.3) is 5.91 Å². The molecule has 2 aliphatic heterocycles. The number of benzene rings is 2. The van der Waals surface area contributed by atoms with Crippen LogP contribution >= 0.6 is 0 Å². The van der Waals surface area contributed by atoms with Gasteiger partial charge < -0.3 is 20.1 Å². The molecule has 0 aromatic heterocycles. The van der Waals surface area contributed by atoms with E-state index in [4.69, 9.17) is 4.74 Å². The summed E-state index contributed by atoms with van der Waals surface area (Å²) in [4.78, 5) is 37.1. The maximum Gasteiger partial charge on any atom is 0.407 e. The van der Waals surface area contributed by atoms with E-state index in [9.17, 15) is 28.3 Å². The van der Waals surface area contributed by atoms with Gasteiger partial charge in [-0.3, -0.25) is 9.59 Å². The van der Waals surface area contributed by atoms with E-state index in [0.29, 0.717) is 12.8 Å². The summed E-state index contributed by atoms with van der Waals surface area (Å²) in [6.45, 7) is -1.24. The Morgan fingerprint density at radius 3 is 2.24 bits per heavy atom. The first-order valence-corrected chi connectivity index (χ1v) is 11.3. The van der Waals surface area contributed by atoms with E-state index in [1.165, 1.54) is 0 Å². The zero-order chi connectivity index (χ0) is 24.0. The number of fused-ring (bicyclic) bond motifs is 5. The molecule has 2 fully saturated rings. The monoisotopic (exact) mass is 470 g/mol. The number of nitrogens with one attached hydrogen (secondary N) is 1. The molecule has 3 aliphatic rings. The number of rotatable bonds is 6. The van der Waals surface area contributed by atoms with Gasteiger partial charge in [-0.1, -0.05) is 48.5 Å². The highest BCUT2D eigenvalue weighted by Crippen LogP contribution is 2.45. The average Bonchev–Trinajstić information content (AvgIpc) is 3.50. The smallest absolute Gasteiger partial charge is 0.407 e. The Hall–Kier alpha value is -3.49. The second-order valence-corrected chi connectivity index (χ2v) is 9.07. The minimum absolute atomic E-state index is 0.0318. The number of ether oxygens (including phenoxy) is 1. The highest BCUT2D eigenvalue weighted by molar-refractivity contribution is 5.87. The molecule has 0 radical (unpaired) electrons. The number of halogens is 2. The molecule has 7 nitrogen and oxygen atoms in total. The number of hydrogen-bond acceptors (Lipinski definition) is 4. The number of alkyl carbamates (subject to hydrolysis) is 1. The summed E-state index contributed by atoms with van der Waals surface area (Å²) in [7, 11) is 0. The summed E-state index contributed by atoms with van der Waals surface area (Å²) >= 11 is 0. The molecule has 34 heavy (non-hydrogen) atoms. The summed E-state index contributed by atoms with van der Waals surface area (Å²) in [5.41, 5.74) is 4.08. The van der Waals surface area contributed by atoms with Crippen LogP contribution in [0.4, 0.5) is 13.6 Å². The van der Waals surface area contributed by atoms with Crippen molar-refractivity contribution in [2.75, 3.05) is 13.2 Å². The molecule has 1 aliphatic carbocycles. The number of carbonyl (C=O) groups is 3. The lowest BCUT2D eigenvalue weighted by Gasteiger charge is -2.27. The van der Waals surface area contributed by atoms with Crippen molar-refractivity contribution in [2.24, 2.45) is 5.92 Å². The fourth-order valence-electron chi connectivity index (χ4n) is 5.67. The normalized spacial score (nSPS) is 22.9. The van der Waals surface area contributed by atoms with Crippen molar-refractivity contribution < 1.29 is 33.0 Å². The molecule has 2 bridgehead atoms. The van der Waals surface area contributed by atoms with Crippen LogP contribution in [-0.4, -0.2) is 59.1 Å². The number of carboxylic acid groups (broad SMARTS) is 1. The lowest BCUT2D eigenvalue weighted by atomic mass is 9.89. The van der Waals surface area contributed by atoms with Crippen LogP contribution in [0.2, 0.25) is 0 Å². The van der Waals surface area contributed by atoms with Crippen LogP contribution in [0.5, 0.6) is 0 Å². The van der Waals surface area contributed by atoms with Crippen molar-refractivity contribution in [3.63, 3.8) is 0 Å². The van der Waals surface area contributed by atoms with Gasteiger partial charge in [-0.15, -0.1) is 0 Å². The van der Waals surface area contributed by atoms with Crippen molar-refractivity contribution in [1.29, 1.82) is 0 Å². The van der Waals surface area contributed by atoms with Gasteiger partial charge in [0.2, 0.25) is 0 Å². The van der Waals surface area contributed by atoms with Gasteiger partial charge in [0.05, 0.1) is 12.5 Å². The zero-order valence-corrected chi connectivity index (χ0v) is 18.2. The molecular weight excluding hydrogens is 446 g/mol. The molecule has 178 valence electrons. The SMILES string of the molecule is O=C(NCC(F)(F)C(=O)N1[C@@H]2CC[C@H]1[C@@H](C(=O)O)C2)OCC1c2ccccc2-c2ccccc21. The summed E-state index contributed by atoms with van der Waals surface area (Å²) < 4.78 is 34.6. The van der Waals surface area contributed by atoms with Crippen LogP contribution in [0.15, 0.2) is 48.5 Å². The highest BCUT2D eigenvalue weighted by Gasteiger charge is 2.56. The van der Waals surface area contributed by atoms with E-state index >= 15 is 0 Å². The Labute approximate surface area is 194 Å². The quantitative estimate of drug-likeness (QED) is 0.672. The average molecular weight is 470 g/mol. The Morgan fingerprint density at radius 2 is 1.65 bits per heavy atom. The summed E-state index contributed by atoms with van der Waals surface area (Å²) in [6, 6.07) is 14.3. The molecule has 2 amide bonds. The summed E-state index contributed by atoms with van der Waals surface area (Å²) in [5.74, 6) is -7.42. The standard InChI is InChI=1S/C25H24F2N2O5/c26-25(27,23(32)29-14-9-10-21(29)19(11-14)22(30)31)13-28-24(33)34-12-20-17-7-3-1-5-15(17)16-6-2-4-8-18(16)20/h1-8,14,19-21H,9-13H2,(H,28,33)(H,30,31)/t14-,19+,21+/m1/s1. The molecule has 2 N–H and O–H groups in total. The first kappa shape index (κ1) is 22.3. The van der Waals surface area contributed by atoms with Gasteiger partial charge in [0.15, 0.2) is 0 Å². The topological polar surface area (TPSA) is 95.9 Å². The molecule has 2 aromatic rings. The third-order valence-electron chi connectivity index (χ3n) is 7.20. The minimum atomic E-state index is -3.86. The third kappa shape index (κ3) is 3.69. The first-order valence-electron chi connectivity index (χ1n) is 11.3. The van der Waals surface area contributed by atoms with Crippen LogP contribution in [0, 0.1) is 5.92 Å². The van der Waals surface area contributed by atoms with Gasteiger partial charge in [-0.25, -0.2) is 4.79 Å². The van der Waals surface area contributed by atoms with E-state index in [2.05, 4.69) is 0 Å². The number of aliphatic carboxylic acids is 1. The van der Waals surface area contributed by atoms with Gasteiger partial charge in [-0.2, -0.15) is 8.78 Å². The second-order valence-electron chi connectivity index (χ2n) is 9.07. The van der Waals surface area contributed by atoms with Crippen LogP contribution in [0.1, 0.15) is 36.3 Å². The van der Waals surface area contributed by atoms with Crippen molar-refractivity contribution in [1.82, 2.24) is 10.2 Å². The lowest BCUT2D eigenvalue weighted by molar-refractivity contribution is -0.158. The lowest BCUT2D eigenvalue weighted by Crippen LogP contribution is -2.52. The molecule has 2 heterocycles. The van der Waals surface area contributed by atoms with Gasteiger partial charge in [0, 0.05) is 18.0 Å². The number of nitrogens with zero attached hydrogens (tertiary/aromatic N) is 1. The summed E-state index contributed by atoms with van der Waals surface area (Å²) in [5, 5.41) is 11.3. The predicted octanol–water partition coefficient (Wildman–Crippen LogP) is 3.62. The number of carbonyl (C=O) groups excluding carboxylic acids is 2. The molecule has 0 saturated carbocycles. The maximum atomic E-state index is 14.7. The molecule has 9 heteroatoms. The predicted molar refractivity (Wildman–Crippen MR) is 117 cm³/mol. The van der Waals surface area contributed by atoms with E-state index < -0.39 is 48.4 Å². The first-order chi connectivity index (χ1) is 16.3. The zero-order valence-electron chi connectivity index (χ0n) is 18.2. The van der Waals surface area contributed by atoms with E-state index in [0.717, 1.165) is 27.2 Å². The van der Waals surface area contributed by atoms with Crippen LogP contribution in [0.25, 0.3) is 11.1 Å². The molecule has 0 unspecified atom stereocenters. The van der Waals surface area contributed by atoms with Gasteiger partial charge in [0.1, 0.15) is 6.61 Å². The van der Waals surface area contributed by atoms with Crippen molar-refractivity contribution in [3.8, 4) is 11.1 Å².